The zero-order valence-electron chi connectivity index (χ0n) is 14.7. The van der Waals surface area contributed by atoms with E-state index in [9.17, 15) is 10.1 Å². The van der Waals surface area contributed by atoms with Crippen LogP contribution in [0, 0.1) is 11.3 Å². The number of nitrogens with zero attached hydrogens (tertiary/aromatic N) is 4. The van der Waals surface area contributed by atoms with Gasteiger partial charge in [-0.25, -0.2) is 4.98 Å². The lowest BCUT2D eigenvalue weighted by Crippen LogP contribution is -2.15. The summed E-state index contributed by atoms with van der Waals surface area (Å²) in [6.45, 7) is 1.02. The normalized spacial score (nSPS) is 12.5. The minimum absolute atomic E-state index is 0.242. The Morgan fingerprint density at radius 1 is 1.21 bits per heavy atom. The Morgan fingerprint density at radius 3 is 2.86 bits per heavy atom. The van der Waals surface area contributed by atoms with Crippen molar-refractivity contribution in [3.05, 3.63) is 66.0 Å². The molecule has 4 rings (SSSR count). The molecule has 8 nitrogen and oxygen atoms in total. The highest BCUT2D eigenvalue weighted by Gasteiger charge is 2.15. The number of ether oxygens (including phenoxy) is 2. The SMILES string of the molecule is N#Cc1cnn(-c2ccccn2)c1NC(=O)/C=C\c1ccc2c(c1)OCCO2. The molecule has 0 saturated carbocycles. The van der Waals surface area contributed by atoms with E-state index >= 15 is 0 Å². The number of rotatable bonds is 4. The number of nitrogens with one attached hydrogen (secondary N) is 1. The molecule has 2 aromatic heterocycles. The number of anilines is 1. The quantitative estimate of drug-likeness (QED) is 0.705. The maximum Gasteiger partial charge on any atom is 0.249 e. The van der Waals surface area contributed by atoms with Gasteiger partial charge in [0.1, 0.15) is 24.8 Å². The smallest absolute Gasteiger partial charge is 0.249 e. The molecule has 3 heterocycles. The molecule has 0 unspecified atom stereocenters. The van der Waals surface area contributed by atoms with Gasteiger partial charge in [0.05, 0.1) is 6.20 Å². The number of hydrogen-bond donors (Lipinski definition) is 1. The second kappa shape index (κ2) is 7.63. The summed E-state index contributed by atoms with van der Waals surface area (Å²) in [4.78, 5) is 16.6. The Kier molecular flexibility index (Phi) is 4.72. The highest BCUT2D eigenvalue weighted by molar-refractivity contribution is 6.02. The zero-order chi connectivity index (χ0) is 19.3. The number of hydrogen-bond acceptors (Lipinski definition) is 6. The Labute approximate surface area is 160 Å². The van der Waals surface area contributed by atoms with Crippen LogP contribution in [-0.4, -0.2) is 33.9 Å². The van der Waals surface area contributed by atoms with E-state index < -0.39 is 5.91 Å². The lowest BCUT2D eigenvalue weighted by Gasteiger charge is -2.18. The Bertz CT molecular complexity index is 1080. The van der Waals surface area contributed by atoms with Gasteiger partial charge >= 0.3 is 0 Å². The fourth-order valence-electron chi connectivity index (χ4n) is 2.70. The van der Waals surface area contributed by atoms with Gasteiger partial charge in [0.25, 0.3) is 0 Å². The number of benzene rings is 1. The first-order valence-corrected chi connectivity index (χ1v) is 8.53. The second-order valence-electron chi connectivity index (χ2n) is 5.84. The topological polar surface area (TPSA) is 102 Å². The van der Waals surface area contributed by atoms with E-state index in [4.69, 9.17) is 9.47 Å². The first kappa shape index (κ1) is 17.3. The van der Waals surface area contributed by atoms with Crippen molar-refractivity contribution < 1.29 is 14.3 Å². The molecule has 1 N–H and O–H groups in total. The lowest BCUT2D eigenvalue weighted by molar-refractivity contribution is -0.111. The summed E-state index contributed by atoms with van der Waals surface area (Å²) >= 11 is 0. The molecule has 8 heteroatoms. The van der Waals surface area contributed by atoms with E-state index in [0.717, 1.165) is 5.56 Å². The second-order valence-corrected chi connectivity index (χ2v) is 5.84. The Hall–Kier alpha value is -4.12. The van der Waals surface area contributed by atoms with Crippen molar-refractivity contribution in [2.24, 2.45) is 0 Å². The van der Waals surface area contributed by atoms with E-state index in [-0.39, 0.29) is 11.4 Å². The van der Waals surface area contributed by atoms with Gasteiger partial charge in [0.15, 0.2) is 23.1 Å². The van der Waals surface area contributed by atoms with Crippen LogP contribution < -0.4 is 14.8 Å². The molecular weight excluding hydrogens is 358 g/mol. The standard InChI is InChI=1S/C20H15N5O3/c21-12-15-13-23-25(18-3-1-2-8-22-18)20(15)24-19(26)7-5-14-4-6-16-17(11-14)28-10-9-27-16/h1-8,11,13H,9-10H2,(H,24,26)/b7-5-. The number of fused-ring (bicyclic) bond motifs is 1. The molecule has 0 radical (unpaired) electrons. The molecule has 0 spiro atoms. The molecule has 28 heavy (non-hydrogen) atoms. The van der Waals surface area contributed by atoms with Crippen LogP contribution in [-0.2, 0) is 4.79 Å². The number of aromatic nitrogens is 3. The van der Waals surface area contributed by atoms with Crippen molar-refractivity contribution in [2.45, 2.75) is 0 Å². The third kappa shape index (κ3) is 3.54. The zero-order valence-corrected chi connectivity index (χ0v) is 14.7. The summed E-state index contributed by atoms with van der Waals surface area (Å²) < 4.78 is 12.4. The third-order valence-corrected chi connectivity index (χ3v) is 3.99. The van der Waals surface area contributed by atoms with Gasteiger partial charge in [-0.05, 0) is 35.9 Å². The van der Waals surface area contributed by atoms with E-state index in [1.54, 1.807) is 42.6 Å². The van der Waals surface area contributed by atoms with Gasteiger partial charge in [0, 0.05) is 12.3 Å². The lowest BCUT2D eigenvalue weighted by atomic mass is 10.2. The fraction of sp³-hybridized carbons (Fsp3) is 0.100. The van der Waals surface area contributed by atoms with E-state index in [2.05, 4.69) is 15.4 Å². The van der Waals surface area contributed by atoms with Crippen LogP contribution in [0.3, 0.4) is 0 Å². The van der Waals surface area contributed by atoms with Crippen molar-refractivity contribution in [2.75, 3.05) is 18.5 Å². The van der Waals surface area contributed by atoms with E-state index in [1.165, 1.54) is 17.0 Å². The Morgan fingerprint density at radius 2 is 2.07 bits per heavy atom. The minimum Gasteiger partial charge on any atom is -0.486 e. The molecule has 0 saturated heterocycles. The maximum absolute atomic E-state index is 12.4. The van der Waals surface area contributed by atoms with Crippen molar-refractivity contribution in [3.63, 3.8) is 0 Å². The summed E-state index contributed by atoms with van der Waals surface area (Å²) in [5, 5.41) is 16.1. The van der Waals surface area contributed by atoms with Crippen LogP contribution in [0.1, 0.15) is 11.1 Å². The van der Waals surface area contributed by atoms with Crippen LogP contribution in [0.5, 0.6) is 11.5 Å². The molecule has 0 fully saturated rings. The molecule has 1 aliphatic heterocycles. The summed E-state index contributed by atoms with van der Waals surface area (Å²) in [5.41, 5.74) is 1.03. The van der Waals surface area contributed by atoms with Crippen LogP contribution in [0.25, 0.3) is 11.9 Å². The fourth-order valence-corrected chi connectivity index (χ4v) is 2.70. The predicted octanol–water partition coefficient (Wildman–Crippen LogP) is 2.56. The van der Waals surface area contributed by atoms with E-state index in [1.807, 2.05) is 12.1 Å². The van der Waals surface area contributed by atoms with Gasteiger partial charge in [-0.3, -0.25) is 4.79 Å². The summed E-state index contributed by atoms with van der Waals surface area (Å²) in [7, 11) is 0. The predicted molar refractivity (Wildman–Crippen MR) is 101 cm³/mol. The molecule has 1 aromatic carbocycles. The van der Waals surface area contributed by atoms with Gasteiger partial charge in [-0.15, -0.1) is 0 Å². The molecule has 0 bridgehead atoms. The van der Waals surface area contributed by atoms with Crippen molar-refractivity contribution in [3.8, 4) is 23.4 Å². The van der Waals surface area contributed by atoms with Crippen LogP contribution in [0.4, 0.5) is 5.82 Å². The first-order chi connectivity index (χ1) is 13.7. The molecule has 3 aromatic rings. The third-order valence-electron chi connectivity index (χ3n) is 3.99. The van der Waals surface area contributed by atoms with Gasteiger partial charge in [-0.1, -0.05) is 12.1 Å². The molecule has 1 amide bonds. The number of amides is 1. The summed E-state index contributed by atoms with van der Waals surface area (Å²) in [6, 6.07) is 12.7. The van der Waals surface area contributed by atoms with Crippen molar-refractivity contribution >= 4 is 17.8 Å². The van der Waals surface area contributed by atoms with Gasteiger partial charge < -0.3 is 14.8 Å². The maximum atomic E-state index is 12.4. The van der Waals surface area contributed by atoms with Gasteiger partial charge in [-0.2, -0.15) is 15.0 Å². The summed E-state index contributed by atoms with van der Waals surface area (Å²) in [5.74, 6) is 1.69. The minimum atomic E-state index is -0.399. The van der Waals surface area contributed by atoms with Crippen molar-refractivity contribution in [1.82, 2.24) is 14.8 Å². The molecule has 138 valence electrons. The highest BCUT2D eigenvalue weighted by Crippen LogP contribution is 2.31. The van der Waals surface area contributed by atoms with Crippen molar-refractivity contribution in [1.29, 1.82) is 5.26 Å². The number of nitriles is 1. The first-order valence-electron chi connectivity index (χ1n) is 8.53. The van der Waals surface area contributed by atoms with E-state index in [0.29, 0.717) is 30.5 Å². The Balaban J connectivity index is 1.54. The van der Waals surface area contributed by atoms with Crippen LogP contribution >= 0.6 is 0 Å². The largest absolute Gasteiger partial charge is 0.486 e. The number of carbonyl (C=O) groups excluding carboxylic acids is 1. The number of pyridine rings is 1. The molecular formula is C20H15N5O3. The van der Waals surface area contributed by atoms with Crippen LogP contribution in [0.15, 0.2) is 54.9 Å². The van der Waals surface area contributed by atoms with Crippen LogP contribution in [0.2, 0.25) is 0 Å². The summed E-state index contributed by atoms with van der Waals surface area (Å²) in [6.07, 6.45) is 6.02. The average molecular weight is 373 g/mol. The molecule has 0 aliphatic carbocycles. The number of carbonyl (C=O) groups is 1. The van der Waals surface area contributed by atoms with Gasteiger partial charge in [0.2, 0.25) is 5.91 Å². The molecule has 1 aliphatic rings. The monoisotopic (exact) mass is 373 g/mol. The highest BCUT2D eigenvalue weighted by atomic mass is 16.6. The average Bonchev–Trinajstić information content (AvgIpc) is 3.15. The molecule has 0 atom stereocenters.